The Kier molecular flexibility index (Phi) is 3.76. The first-order valence-corrected chi connectivity index (χ1v) is 8.20. The number of para-hydroxylation sites is 1. The van der Waals surface area contributed by atoms with E-state index in [0.29, 0.717) is 0 Å². The van der Waals surface area contributed by atoms with Crippen LogP contribution in [-0.4, -0.2) is 7.05 Å². The minimum atomic E-state index is 1.19. The summed E-state index contributed by atoms with van der Waals surface area (Å²) in [6, 6.07) is 34.2. The number of nitrogens with zero attached hydrogens (tertiary/aromatic N) is 1. The number of anilines is 2. The van der Waals surface area contributed by atoms with E-state index in [9.17, 15) is 0 Å². The van der Waals surface area contributed by atoms with Crippen LogP contribution >= 0.6 is 0 Å². The zero-order valence-electron chi connectivity index (χ0n) is 13.7. The summed E-state index contributed by atoms with van der Waals surface area (Å²) in [5, 5.41) is 2.57. The molecule has 0 saturated carbocycles. The van der Waals surface area contributed by atoms with Crippen LogP contribution in [0.4, 0.5) is 11.4 Å². The molecule has 0 aliphatic heterocycles. The van der Waals surface area contributed by atoms with Gasteiger partial charge in [0, 0.05) is 18.4 Å². The van der Waals surface area contributed by atoms with Crippen LogP contribution < -0.4 is 4.90 Å². The lowest BCUT2D eigenvalue weighted by Gasteiger charge is -2.20. The summed E-state index contributed by atoms with van der Waals surface area (Å²) in [5.74, 6) is 0. The first kappa shape index (κ1) is 14.5. The molecule has 1 nitrogen and oxygen atoms in total. The van der Waals surface area contributed by atoms with Crippen molar-refractivity contribution in [2.45, 2.75) is 0 Å². The van der Waals surface area contributed by atoms with Gasteiger partial charge < -0.3 is 4.90 Å². The van der Waals surface area contributed by atoms with Crippen molar-refractivity contribution in [2.75, 3.05) is 11.9 Å². The third-order valence-electron chi connectivity index (χ3n) is 4.48. The maximum atomic E-state index is 2.26. The van der Waals surface area contributed by atoms with Crippen molar-refractivity contribution in [1.29, 1.82) is 0 Å². The van der Waals surface area contributed by atoms with Gasteiger partial charge in [-0.25, -0.2) is 0 Å². The number of fused-ring (bicyclic) bond motifs is 1. The van der Waals surface area contributed by atoms with Gasteiger partial charge in [0.05, 0.1) is 0 Å². The number of rotatable bonds is 3. The molecule has 0 spiro atoms. The molecular weight excluding hydrogens is 290 g/mol. The summed E-state index contributed by atoms with van der Waals surface area (Å²) in [5.41, 5.74) is 4.89. The Morgan fingerprint density at radius 2 is 1.25 bits per heavy atom. The normalized spacial score (nSPS) is 10.7. The molecule has 0 aromatic heterocycles. The Hall–Kier alpha value is -3.06. The van der Waals surface area contributed by atoms with Crippen LogP contribution in [0.15, 0.2) is 97.1 Å². The molecule has 0 aliphatic rings. The van der Waals surface area contributed by atoms with Gasteiger partial charge >= 0.3 is 0 Å². The summed E-state index contributed by atoms with van der Waals surface area (Å²) in [6.45, 7) is 0. The monoisotopic (exact) mass is 309 g/mol. The van der Waals surface area contributed by atoms with E-state index in [-0.39, 0.29) is 0 Å². The van der Waals surface area contributed by atoms with Gasteiger partial charge in [0.15, 0.2) is 0 Å². The minimum absolute atomic E-state index is 1.19. The van der Waals surface area contributed by atoms with Gasteiger partial charge in [-0.1, -0.05) is 72.8 Å². The number of hydrogen-bond donors (Lipinski definition) is 0. The van der Waals surface area contributed by atoms with E-state index < -0.39 is 0 Å². The smallest absolute Gasteiger partial charge is 0.0414 e. The van der Waals surface area contributed by atoms with Crippen molar-refractivity contribution >= 4 is 22.1 Å². The fourth-order valence-electron chi connectivity index (χ4n) is 3.16. The Labute approximate surface area is 142 Å². The van der Waals surface area contributed by atoms with Crippen molar-refractivity contribution in [3.05, 3.63) is 97.1 Å². The Bertz CT molecular complexity index is 968. The van der Waals surface area contributed by atoms with E-state index in [4.69, 9.17) is 0 Å². The average molecular weight is 309 g/mol. The summed E-state index contributed by atoms with van der Waals surface area (Å²) in [4.78, 5) is 2.22. The van der Waals surface area contributed by atoms with Gasteiger partial charge in [0.2, 0.25) is 0 Å². The van der Waals surface area contributed by atoms with E-state index >= 15 is 0 Å². The molecule has 0 N–H and O–H groups in total. The van der Waals surface area contributed by atoms with Crippen LogP contribution in [-0.2, 0) is 0 Å². The van der Waals surface area contributed by atoms with Gasteiger partial charge in [-0.15, -0.1) is 0 Å². The van der Waals surface area contributed by atoms with Crippen LogP contribution in [0.5, 0.6) is 0 Å². The van der Waals surface area contributed by atoms with E-state index in [2.05, 4.69) is 103 Å². The maximum Gasteiger partial charge on any atom is 0.0414 e. The van der Waals surface area contributed by atoms with E-state index in [1.807, 2.05) is 6.07 Å². The lowest BCUT2D eigenvalue weighted by atomic mass is 9.98. The Morgan fingerprint density at radius 1 is 0.583 bits per heavy atom. The average Bonchev–Trinajstić information content (AvgIpc) is 2.68. The van der Waals surface area contributed by atoms with E-state index in [0.717, 1.165) is 0 Å². The minimum Gasteiger partial charge on any atom is -0.345 e. The second kappa shape index (κ2) is 6.21. The van der Waals surface area contributed by atoms with Gasteiger partial charge in [-0.2, -0.15) is 0 Å². The predicted molar refractivity (Wildman–Crippen MR) is 104 cm³/mol. The zero-order valence-corrected chi connectivity index (χ0v) is 13.7. The molecule has 4 aromatic carbocycles. The second-order valence-electron chi connectivity index (χ2n) is 5.97. The van der Waals surface area contributed by atoms with Crippen LogP contribution in [0.1, 0.15) is 0 Å². The van der Waals surface area contributed by atoms with Crippen LogP contribution in [0, 0.1) is 0 Å². The highest BCUT2D eigenvalue weighted by atomic mass is 15.1. The number of benzene rings is 4. The highest BCUT2D eigenvalue weighted by Crippen LogP contribution is 2.32. The van der Waals surface area contributed by atoms with E-state index in [1.54, 1.807) is 0 Å². The molecule has 4 aromatic rings. The summed E-state index contributed by atoms with van der Waals surface area (Å²) in [7, 11) is 2.11. The fourth-order valence-corrected chi connectivity index (χ4v) is 3.16. The SMILES string of the molecule is CN(c1ccccc1)c1cccc(-c2cccc3ccccc23)c1. The molecule has 1 heteroatoms. The molecule has 0 unspecified atom stereocenters. The maximum absolute atomic E-state index is 2.26. The van der Waals surface area contributed by atoms with Crippen molar-refractivity contribution in [1.82, 2.24) is 0 Å². The van der Waals surface area contributed by atoms with Crippen LogP contribution in [0.25, 0.3) is 21.9 Å². The van der Waals surface area contributed by atoms with Gasteiger partial charge in [0.25, 0.3) is 0 Å². The Morgan fingerprint density at radius 3 is 2.12 bits per heavy atom. The second-order valence-corrected chi connectivity index (χ2v) is 5.97. The van der Waals surface area contributed by atoms with Gasteiger partial charge in [0.1, 0.15) is 0 Å². The molecule has 0 atom stereocenters. The first-order chi connectivity index (χ1) is 11.8. The molecule has 0 aliphatic carbocycles. The topological polar surface area (TPSA) is 3.24 Å². The fraction of sp³-hybridized carbons (Fsp3) is 0.0435. The molecule has 116 valence electrons. The molecule has 4 rings (SSSR count). The van der Waals surface area contributed by atoms with Crippen molar-refractivity contribution in [3.8, 4) is 11.1 Å². The predicted octanol–water partition coefficient (Wildman–Crippen LogP) is 6.27. The first-order valence-electron chi connectivity index (χ1n) is 8.20. The van der Waals surface area contributed by atoms with Crippen molar-refractivity contribution in [3.63, 3.8) is 0 Å². The van der Waals surface area contributed by atoms with Crippen LogP contribution in [0.3, 0.4) is 0 Å². The Balaban J connectivity index is 1.80. The standard InChI is InChI=1S/C23H19N/c1-24(20-12-3-2-4-13-20)21-14-7-11-19(17-21)23-16-8-10-18-9-5-6-15-22(18)23/h2-17H,1H3. The highest BCUT2D eigenvalue weighted by molar-refractivity contribution is 5.97. The van der Waals surface area contributed by atoms with Gasteiger partial charge in [-0.3, -0.25) is 0 Å². The molecule has 0 heterocycles. The summed E-state index contributed by atoms with van der Waals surface area (Å²) in [6.07, 6.45) is 0. The molecule has 24 heavy (non-hydrogen) atoms. The van der Waals surface area contributed by atoms with Crippen molar-refractivity contribution < 1.29 is 0 Å². The summed E-state index contributed by atoms with van der Waals surface area (Å²) < 4.78 is 0. The molecule has 0 amide bonds. The summed E-state index contributed by atoms with van der Waals surface area (Å²) >= 11 is 0. The zero-order chi connectivity index (χ0) is 16.4. The largest absolute Gasteiger partial charge is 0.345 e. The third kappa shape index (κ3) is 2.65. The molecule has 0 fully saturated rings. The quantitative estimate of drug-likeness (QED) is 0.431. The van der Waals surface area contributed by atoms with Crippen LogP contribution in [0.2, 0.25) is 0 Å². The molecule has 0 radical (unpaired) electrons. The van der Waals surface area contributed by atoms with Crippen molar-refractivity contribution in [2.24, 2.45) is 0 Å². The third-order valence-corrected chi connectivity index (χ3v) is 4.48. The molecular formula is C23H19N. The van der Waals surface area contributed by atoms with Gasteiger partial charge in [-0.05, 0) is 46.2 Å². The number of hydrogen-bond acceptors (Lipinski definition) is 1. The molecule has 0 saturated heterocycles. The molecule has 0 bridgehead atoms. The highest BCUT2D eigenvalue weighted by Gasteiger charge is 2.07. The lowest BCUT2D eigenvalue weighted by molar-refractivity contribution is 1.21. The van der Waals surface area contributed by atoms with E-state index in [1.165, 1.54) is 33.3 Å². The lowest BCUT2D eigenvalue weighted by Crippen LogP contribution is -2.08.